The highest BCUT2D eigenvalue weighted by atomic mass is 15.3. The van der Waals surface area contributed by atoms with E-state index in [0.717, 1.165) is 48.8 Å². The number of nitrogens with zero attached hydrogens (tertiary/aromatic N) is 4. The molecule has 3 aromatic rings. The molecule has 1 saturated heterocycles. The molecule has 1 fully saturated rings. The first kappa shape index (κ1) is 14.7. The Hall–Kier alpha value is -2.62. The van der Waals surface area contributed by atoms with Crippen LogP contribution in [0.2, 0.25) is 0 Å². The van der Waals surface area contributed by atoms with Crippen molar-refractivity contribution in [2.24, 2.45) is 0 Å². The zero-order valence-corrected chi connectivity index (χ0v) is 14.4. The van der Waals surface area contributed by atoms with Gasteiger partial charge in [-0.15, -0.1) is 0 Å². The van der Waals surface area contributed by atoms with Crippen LogP contribution in [-0.4, -0.2) is 23.1 Å². The van der Waals surface area contributed by atoms with Crippen LogP contribution in [0.15, 0.2) is 48.5 Å². The molecule has 2 aromatic carbocycles. The highest BCUT2D eigenvalue weighted by Gasteiger charge is 2.23. The molecule has 0 unspecified atom stereocenters. The van der Waals surface area contributed by atoms with E-state index in [1.54, 1.807) is 0 Å². The molecule has 0 amide bonds. The Morgan fingerprint density at radius 1 is 0.680 bits per heavy atom. The first-order chi connectivity index (χ1) is 12.4. The number of fused-ring (bicyclic) bond motifs is 2. The van der Waals surface area contributed by atoms with Gasteiger partial charge in [0.1, 0.15) is 5.82 Å². The van der Waals surface area contributed by atoms with Crippen molar-refractivity contribution in [3.05, 3.63) is 59.7 Å². The molecule has 0 radical (unpaired) electrons. The standard InChI is InChI=1S/C21H22N4/c1-6-12-24(13-7-1)21-22-19-11-5-4-10-18(19)20(23-21)25-14-16-8-2-3-9-17(16)15-25/h2-5,8-11H,1,6-7,12-15H2. The topological polar surface area (TPSA) is 32.3 Å². The molecule has 5 rings (SSSR count). The third-order valence-electron chi connectivity index (χ3n) is 5.35. The maximum absolute atomic E-state index is 5.03. The molecule has 0 N–H and O–H groups in total. The highest BCUT2D eigenvalue weighted by Crippen LogP contribution is 2.33. The van der Waals surface area contributed by atoms with Gasteiger partial charge in [0.25, 0.3) is 0 Å². The molecule has 0 bridgehead atoms. The lowest BCUT2D eigenvalue weighted by Gasteiger charge is -2.28. The fourth-order valence-corrected chi connectivity index (χ4v) is 4.01. The zero-order valence-electron chi connectivity index (χ0n) is 14.4. The fraction of sp³-hybridized carbons (Fsp3) is 0.333. The predicted molar refractivity (Wildman–Crippen MR) is 102 cm³/mol. The van der Waals surface area contributed by atoms with Gasteiger partial charge in [-0.2, -0.15) is 4.98 Å². The normalized spacial score (nSPS) is 17.1. The van der Waals surface area contributed by atoms with Gasteiger partial charge in [0.2, 0.25) is 5.95 Å². The van der Waals surface area contributed by atoms with E-state index in [1.165, 1.54) is 30.4 Å². The second-order valence-corrected chi connectivity index (χ2v) is 7.04. The van der Waals surface area contributed by atoms with Crippen LogP contribution >= 0.6 is 0 Å². The largest absolute Gasteiger partial charge is 0.347 e. The van der Waals surface area contributed by atoms with Crippen molar-refractivity contribution >= 4 is 22.7 Å². The van der Waals surface area contributed by atoms with E-state index in [4.69, 9.17) is 9.97 Å². The SMILES string of the molecule is c1ccc2c(c1)CN(c1nc(N3CCCCC3)nc3ccccc13)C2. The average molecular weight is 330 g/mol. The predicted octanol–water partition coefficient (Wildman–Crippen LogP) is 4.14. The quantitative estimate of drug-likeness (QED) is 0.707. The molecular weight excluding hydrogens is 308 g/mol. The van der Waals surface area contributed by atoms with Crippen molar-refractivity contribution < 1.29 is 0 Å². The van der Waals surface area contributed by atoms with Gasteiger partial charge in [-0.1, -0.05) is 36.4 Å². The molecule has 3 heterocycles. The molecule has 2 aliphatic heterocycles. The molecule has 4 nitrogen and oxygen atoms in total. The van der Waals surface area contributed by atoms with Crippen molar-refractivity contribution in [3.63, 3.8) is 0 Å². The number of anilines is 2. The fourth-order valence-electron chi connectivity index (χ4n) is 4.01. The lowest BCUT2D eigenvalue weighted by molar-refractivity contribution is 0.568. The minimum Gasteiger partial charge on any atom is -0.347 e. The van der Waals surface area contributed by atoms with Crippen molar-refractivity contribution in [2.75, 3.05) is 22.9 Å². The van der Waals surface area contributed by atoms with Gasteiger partial charge < -0.3 is 9.80 Å². The highest BCUT2D eigenvalue weighted by molar-refractivity contribution is 5.90. The van der Waals surface area contributed by atoms with Gasteiger partial charge in [0, 0.05) is 31.6 Å². The summed E-state index contributed by atoms with van der Waals surface area (Å²) in [5, 5.41) is 1.15. The molecule has 0 aliphatic carbocycles. The van der Waals surface area contributed by atoms with Crippen LogP contribution in [0.3, 0.4) is 0 Å². The summed E-state index contributed by atoms with van der Waals surface area (Å²) in [6, 6.07) is 17.1. The van der Waals surface area contributed by atoms with E-state index < -0.39 is 0 Å². The van der Waals surface area contributed by atoms with Crippen molar-refractivity contribution in [1.82, 2.24) is 9.97 Å². The maximum Gasteiger partial charge on any atom is 0.227 e. The monoisotopic (exact) mass is 330 g/mol. The molecule has 4 heteroatoms. The van der Waals surface area contributed by atoms with Crippen LogP contribution < -0.4 is 9.80 Å². The summed E-state index contributed by atoms with van der Waals surface area (Å²) < 4.78 is 0. The van der Waals surface area contributed by atoms with Gasteiger partial charge >= 0.3 is 0 Å². The summed E-state index contributed by atoms with van der Waals surface area (Å²) in [5.41, 5.74) is 3.86. The lowest BCUT2D eigenvalue weighted by atomic mass is 10.1. The number of rotatable bonds is 2. The first-order valence-corrected chi connectivity index (χ1v) is 9.22. The van der Waals surface area contributed by atoms with Crippen LogP contribution in [0, 0.1) is 0 Å². The zero-order chi connectivity index (χ0) is 16.6. The third-order valence-corrected chi connectivity index (χ3v) is 5.35. The van der Waals surface area contributed by atoms with E-state index in [1.807, 2.05) is 0 Å². The van der Waals surface area contributed by atoms with Gasteiger partial charge in [-0.3, -0.25) is 0 Å². The third kappa shape index (κ3) is 2.62. The van der Waals surface area contributed by atoms with Crippen LogP contribution in [0.25, 0.3) is 10.9 Å². The van der Waals surface area contributed by atoms with E-state index in [0.29, 0.717) is 0 Å². The Morgan fingerprint density at radius 2 is 1.36 bits per heavy atom. The molecule has 0 atom stereocenters. The Kier molecular flexibility index (Phi) is 3.54. The van der Waals surface area contributed by atoms with Crippen LogP contribution in [0.1, 0.15) is 30.4 Å². The summed E-state index contributed by atoms with van der Waals surface area (Å²) in [4.78, 5) is 14.6. The second-order valence-electron chi connectivity index (χ2n) is 7.04. The summed E-state index contributed by atoms with van der Waals surface area (Å²) in [6.07, 6.45) is 3.79. The molecular formula is C21H22N4. The maximum atomic E-state index is 5.03. The average Bonchev–Trinajstić information content (AvgIpc) is 3.12. The number of aromatic nitrogens is 2. The summed E-state index contributed by atoms with van der Waals surface area (Å²) >= 11 is 0. The van der Waals surface area contributed by atoms with Crippen molar-refractivity contribution in [1.29, 1.82) is 0 Å². The van der Waals surface area contributed by atoms with E-state index in [-0.39, 0.29) is 0 Å². The number of hydrogen-bond acceptors (Lipinski definition) is 4. The molecule has 25 heavy (non-hydrogen) atoms. The summed E-state index contributed by atoms with van der Waals surface area (Å²) in [6.45, 7) is 3.99. The molecule has 1 aromatic heterocycles. The minimum absolute atomic E-state index is 0.893. The Balaban J connectivity index is 1.59. The van der Waals surface area contributed by atoms with E-state index >= 15 is 0 Å². The number of piperidine rings is 1. The van der Waals surface area contributed by atoms with Crippen LogP contribution in [0.5, 0.6) is 0 Å². The van der Waals surface area contributed by atoms with Gasteiger partial charge in [0.05, 0.1) is 5.52 Å². The first-order valence-electron chi connectivity index (χ1n) is 9.22. The second kappa shape index (κ2) is 6.03. The summed E-state index contributed by atoms with van der Waals surface area (Å²) in [7, 11) is 0. The van der Waals surface area contributed by atoms with Gasteiger partial charge in [-0.05, 0) is 42.5 Å². The Bertz CT molecular complexity index is 890. The minimum atomic E-state index is 0.893. The molecule has 2 aliphatic rings. The number of para-hydroxylation sites is 1. The van der Waals surface area contributed by atoms with E-state index in [2.05, 4.69) is 58.3 Å². The van der Waals surface area contributed by atoms with Gasteiger partial charge in [-0.25, -0.2) is 4.98 Å². The lowest BCUT2D eigenvalue weighted by Crippen LogP contribution is -2.31. The van der Waals surface area contributed by atoms with Crippen molar-refractivity contribution in [2.45, 2.75) is 32.4 Å². The van der Waals surface area contributed by atoms with E-state index in [9.17, 15) is 0 Å². The molecule has 0 spiro atoms. The Labute approximate surface area is 148 Å². The van der Waals surface area contributed by atoms with Gasteiger partial charge in [0.15, 0.2) is 0 Å². The smallest absolute Gasteiger partial charge is 0.227 e. The Morgan fingerprint density at radius 3 is 2.12 bits per heavy atom. The summed E-state index contributed by atoms with van der Waals surface area (Å²) in [5.74, 6) is 1.96. The number of benzene rings is 2. The molecule has 126 valence electrons. The van der Waals surface area contributed by atoms with Crippen molar-refractivity contribution in [3.8, 4) is 0 Å². The van der Waals surface area contributed by atoms with Crippen LogP contribution in [0.4, 0.5) is 11.8 Å². The number of hydrogen-bond donors (Lipinski definition) is 0. The molecule has 0 saturated carbocycles. The van der Waals surface area contributed by atoms with Crippen LogP contribution in [-0.2, 0) is 13.1 Å².